The number of benzene rings is 2. The summed E-state index contributed by atoms with van der Waals surface area (Å²) in [6.07, 6.45) is 2.86. The Morgan fingerprint density at radius 1 is 0.972 bits per heavy atom. The number of anilines is 1. The van der Waals surface area contributed by atoms with Crippen LogP contribution in [0.2, 0.25) is 0 Å². The minimum atomic E-state index is 0.0457. The zero-order valence-corrected chi connectivity index (χ0v) is 20.8. The average Bonchev–Trinajstić information content (AvgIpc) is 3.19. The van der Waals surface area contributed by atoms with Gasteiger partial charge in [0.05, 0.1) is 17.8 Å². The van der Waals surface area contributed by atoms with Crippen LogP contribution in [0, 0.1) is 13.8 Å². The van der Waals surface area contributed by atoms with Gasteiger partial charge in [0, 0.05) is 44.3 Å². The lowest BCUT2D eigenvalue weighted by atomic mass is 10.1. The fourth-order valence-electron chi connectivity index (χ4n) is 5.69. The fraction of sp³-hybridized carbons (Fsp3) is 0.345. The molecule has 1 atom stereocenters. The minimum absolute atomic E-state index is 0.0457. The molecule has 36 heavy (non-hydrogen) atoms. The topological polar surface area (TPSA) is 74.0 Å². The summed E-state index contributed by atoms with van der Waals surface area (Å²) in [5, 5.41) is 21.3. The Hall–Kier alpha value is -3.71. The highest BCUT2D eigenvalue weighted by atomic mass is 16.5. The van der Waals surface area contributed by atoms with Crippen molar-refractivity contribution in [2.24, 2.45) is 0 Å². The molecule has 2 aliphatic rings. The van der Waals surface area contributed by atoms with Gasteiger partial charge in [0.15, 0.2) is 0 Å². The smallest absolute Gasteiger partial charge is 0.144 e. The largest absolute Gasteiger partial charge is 0.508 e. The number of piperazine rings is 1. The zero-order chi connectivity index (χ0) is 24.8. The molecule has 2 N–H and O–H groups in total. The van der Waals surface area contributed by atoms with Gasteiger partial charge < -0.3 is 24.4 Å². The lowest BCUT2D eigenvalue weighted by Gasteiger charge is -2.36. The average molecular weight is 485 g/mol. The van der Waals surface area contributed by atoms with E-state index in [9.17, 15) is 10.2 Å². The second-order valence-corrected chi connectivity index (χ2v) is 9.99. The first kappa shape index (κ1) is 22.7. The van der Waals surface area contributed by atoms with Crippen molar-refractivity contribution in [3.8, 4) is 28.5 Å². The molecule has 7 heteroatoms. The van der Waals surface area contributed by atoms with Crippen molar-refractivity contribution in [1.82, 2.24) is 14.5 Å². The number of phenols is 2. The van der Waals surface area contributed by atoms with Gasteiger partial charge in [0.2, 0.25) is 0 Å². The Labute approximate surface area is 211 Å². The van der Waals surface area contributed by atoms with Crippen LogP contribution in [0.25, 0.3) is 22.2 Å². The molecule has 1 unspecified atom stereocenters. The van der Waals surface area contributed by atoms with Crippen molar-refractivity contribution in [2.75, 3.05) is 37.6 Å². The third kappa shape index (κ3) is 4.03. The predicted molar refractivity (Wildman–Crippen MR) is 142 cm³/mol. The molecule has 2 aliphatic heterocycles. The van der Waals surface area contributed by atoms with Crippen LogP contribution in [0.4, 0.5) is 5.82 Å². The van der Waals surface area contributed by atoms with E-state index in [2.05, 4.69) is 32.3 Å². The van der Waals surface area contributed by atoms with Crippen LogP contribution < -0.4 is 9.64 Å². The Morgan fingerprint density at radius 2 is 1.75 bits per heavy atom. The van der Waals surface area contributed by atoms with E-state index in [0.717, 1.165) is 85.0 Å². The van der Waals surface area contributed by atoms with Crippen LogP contribution >= 0.6 is 0 Å². The van der Waals surface area contributed by atoms with Gasteiger partial charge in [0.1, 0.15) is 29.2 Å². The first-order valence-corrected chi connectivity index (χ1v) is 12.7. The van der Waals surface area contributed by atoms with Gasteiger partial charge in [-0.05, 0) is 85.5 Å². The van der Waals surface area contributed by atoms with E-state index in [1.807, 2.05) is 37.4 Å². The molecular weight excluding hydrogens is 452 g/mol. The number of ether oxygens (including phenoxy) is 1. The molecule has 7 nitrogen and oxygen atoms in total. The normalized spacial score (nSPS) is 17.9. The number of nitrogens with zero attached hydrogens (tertiary/aromatic N) is 4. The second kappa shape index (κ2) is 9.06. The molecule has 4 heterocycles. The van der Waals surface area contributed by atoms with Gasteiger partial charge in [-0.3, -0.25) is 4.90 Å². The monoisotopic (exact) mass is 484 g/mol. The zero-order valence-electron chi connectivity index (χ0n) is 20.8. The van der Waals surface area contributed by atoms with Crippen molar-refractivity contribution in [2.45, 2.75) is 32.9 Å². The van der Waals surface area contributed by atoms with Crippen molar-refractivity contribution in [3.05, 3.63) is 65.9 Å². The van der Waals surface area contributed by atoms with Gasteiger partial charge in [-0.25, -0.2) is 4.98 Å². The Kier molecular flexibility index (Phi) is 5.72. The molecule has 1 saturated heterocycles. The van der Waals surface area contributed by atoms with Crippen molar-refractivity contribution in [3.63, 3.8) is 0 Å². The van der Waals surface area contributed by atoms with E-state index in [1.54, 1.807) is 18.2 Å². The third-order valence-corrected chi connectivity index (χ3v) is 7.57. The van der Waals surface area contributed by atoms with Crippen LogP contribution in [0.15, 0.2) is 54.7 Å². The molecule has 2 aromatic heterocycles. The van der Waals surface area contributed by atoms with E-state index in [1.165, 1.54) is 5.56 Å². The van der Waals surface area contributed by atoms with E-state index < -0.39 is 0 Å². The maximum Gasteiger partial charge on any atom is 0.144 e. The predicted octanol–water partition coefficient (Wildman–Crippen LogP) is 4.70. The van der Waals surface area contributed by atoms with E-state index >= 15 is 0 Å². The van der Waals surface area contributed by atoms with Crippen LogP contribution in [0.3, 0.4) is 0 Å². The van der Waals surface area contributed by atoms with Crippen LogP contribution in [0.5, 0.6) is 17.2 Å². The Bertz CT molecular complexity index is 1400. The maximum atomic E-state index is 10.7. The molecule has 0 amide bonds. The summed E-state index contributed by atoms with van der Waals surface area (Å²) in [5.41, 5.74) is 5.31. The lowest BCUT2D eigenvalue weighted by molar-refractivity contribution is 0.137. The van der Waals surface area contributed by atoms with Gasteiger partial charge in [-0.15, -0.1) is 0 Å². The standard InChI is InChI=1S/C29H32N4O3/c1-19-9-11-30-26(17-19)32-15-13-31(14-16-32)12-10-23-18-33-28(21-3-5-22(34)6-4-21)20(2)27-24(35)7-8-25(36-23)29(27)33/h3-9,11,17,23,34-35H,10,12-16,18H2,1-2H3. The molecule has 4 aromatic rings. The molecule has 1 fully saturated rings. The third-order valence-electron chi connectivity index (χ3n) is 7.57. The first-order valence-electron chi connectivity index (χ1n) is 12.7. The summed E-state index contributed by atoms with van der Waals surface area (Å²) in [6.45, 7) is 9.84. The molecular formula is C29H32N4O3. The fourth-order valence-corrected chi connectivity index (χ4v) is 5.69. The Morgan fingerprint density at radius 3 is 2.50 bits per heavy atom. The molecule has 0 saturated carbocycles. The van der Waals surface area contributed by atoms with Crippen LogP contribution in [-0.4, -0.2) is 63.5 Å². The number of phenolic OH excluding ortho intramolecular Hbond substituents is 2. The second-order valence-electron chi connectivity index (χ2n) is 9.99. The number of aromatic hydroxyl groups is 2. The number of hydrogen-bond donors (Lipinski definition) is 2. The molecule has 0 aliphatic carbocycles. The number of aryl methyl sites for hydroxylation is 2. The van der Waals surface area contributed by atoms with Crippen molar-refractivity contribution in [1.29, 1.82) is 0 Å². The number of aromatic nitrogens is 2. The van der Waals surface area contributed by atoms with E-state index in [4.69, 9.17) is 4.74 Å². The molecule has 0 spiro atoms. The van der Waals surface area contributed by atoms with Crippen LogP contribution in [0.1, 0.15) is 17.5 Å². The highest BCUT2D eigenvalue weighted by Gasteiger charge is 2.29. The number of rotatable bonds is 5. The number of pyridine rings is 1. The van der Waals surface area contributed by atoms with Crippen LogP contribution in [-0.2, 0) is 6.54 Å². The van der Waals surface area contributed by atoms with Crippen molar-refractivity contribution >= 4 is 16.7 Å². The molecule has 0 radical (unpaired) electrons. The summed E-state index contributed by atoms with van der Waals surface area (Å²) in [7, 11) is 0. The highest BCUT2D eigenvalue weighted by Crippen LogP contribution is 2.44. The molecule has 6 rings (SSSR count). The van der Waals surface area contributed by atoms with Crippen molar-refractivity contribution < 1.29 is 14.9 Å². The summed E-state index contributed by atoms with van der Waals surface area (Å²) in [5.74, 6) is 2.41. The van der Waals surface area contributed by atoms with Gasteiger partial charge in [0.25, 0.3) is 0 Å². The summed E-state index contributed by atoms with van der Waals surface area (Å²) < 4.78 is 8.75. The maximum absolute atomic E-state index is 10.7. The molecule has 186 valence electrons. The SMILES string of the molecule is Cc1ccnc(N2CCN(CCC3Cn4c(-c5ccc(O)cc5)c(C)c5c(O)ccc(c54)O3)CC2)c1. The minimum Gasteiger partial charge on any atom is -0.508 e. The van der Waals surface area contributed by atoms with E-state index in [0.29, 0.717) is 0 Å². The van der Waals surface area contributed by atoms with E-state index in [-0.39, 0.29) is 17.6 Å². The van der Waals surface area contributed by atoms with Gasteiger partial charge in [-0.1, -0.05) is 0 Å². The molecule has 0 bridgehead atoms. The lowest BCUT2D eigenvalue weighted by Crippen LogP contribution is -2.47. The summed E-state index contributed by atoms with van der Waals surface area (Å²) in [4.78, 5) is 9.43. The summed E-state index contributed by atoms with van der Waals surface area (Å²) >= 11 is 0. The Balaban J connectivity index is 1.18. The highest BCUT2D eigenvalue weighted by molar-refractivity contribution is 5.99. The first-order chi connectivity index (χ1) is 17.5. The molecule has 2 aromatic carbocycles. The summed E-state index contributed by atoms with van der Waals surface area (Å²) in [6, 6.07) is 15.1. The van der Waals surface area contributed by atoms with Gasteiger partial charge in [-0.2, -0.15) is 0 Å². The quantitative estimate of drug-likeness (QED) is 0.428. The van der Waals surface area contributed by atoms with Gasteiger partial charge >= 0.3 is 0 Å². The number of hydrogen-bond acceptors (Lipinski definition) is 6.